The number of ether oxygens (including phenoxy) is 1. The van der Waals surface area contributed by atoms with Crippen molar-refractivity contribution < 1.29 is 14.3 Å². The first-order chi connectivity index (χ1) is 14.1. The van der Waals surface area contributed by atoms with Gasteiger partial charge in [0.1, 0.15) is 11.4 Å². The minimum atomic E-state index is -1.11. The van der Waals surface area contributed by atoms with Crippen molar-refractivity contribution in [3.63, 3.8) is 0 Å². The number of ketones is 2. The third-order valence-electron chi connectivity index (χ3n) is 4.82. The second-order valence-electron chi connectivity index (χ2n) is 6.53. The molecular formula is C24H26N2O3. The highest BCUT2D eigenvalue weighted by atomic mass is 16.5. The van der Waals surface area contributed by atoms with Crippen LogP contribution in [0.25, 0.3) is 0 Å². The molecule has 0 aliphatic carbocycles. The number of hydrogen-bond donors (Lipinski definition) is 0. The first kappa shape index (κ1) is 22.0. The monoisotopic (exact) mass is 390 g/mol. The minimum Gasteiger partial charge on any atom is -0.491 e. The van der Waals surface area contributed by atoms with Crippen molar-refractivity contribution in [3.8, 4) is 5.75 Å². The van der Waals surface area contributed by atoms with Crippen molar-refractivity contribution in [3.05, 3.63) is 79.9 Å². The van der Waals surface area contributed by atoms with Gasteiger partial charge in [-0.2, -0.15) is 5.11 Å². The molecule has 5 nitrogen and oxygen atoms in total. The maximum atomic E-state index is 12.3. The molecule has 0 heterocycles. The number of allylic oxidation sites excluding steroid dienone is 2. The Morgan fingerprint density at radius 1 is 0.966 bits per heavy atom. The van der Waals surface area contributed by atoms with E-state index in [9.17, 15) is 9.59 Å². The molecule has 0 spiro atoms. The van der Waals surface area contributed by atoms with E-state index in [0.29, 0.717) is 37.3 Å². The van der Waals surface area contributed by atoms with Crippen molar-refractivity contribution in [1.82, 2.24) is 0 Å². The Morgan fingerprint density at radius 2 is 1.59 bits per heavy atom. The molecule has 0 N–H and O–H groups in total. The third-order valence-corrected chi connectivity index (χ3v) is 4.82. The second-order valence-corrected chi connectivity index (χ2v) is 6.53. The maximum Gasteiger partial charge on any atom is 0.168 e. The Balaban J connectivity index is 2.04. The number of para-hydroxylation sites is 1. The summed E-state index contributed by atoms with van der Waals surface area (Å²) in [5.41, 5.74) is 0.253. The van der Waals surface area contributed by atoms with Crippen molar-refractivity contribution in [2.75, 3.05) is 6.61 Å². The smallest absolute Gasteiger partial charge is 0.168 e. The fourth-order valence-electron chi connectivity index (χ4n) is 3.11. The Hall–Kier alpha value is -3.34. The molecule has 5 heteroatoms. The molecule has 0 aliphatic heterocycles. The van der Waals surface area contributed by atoms with Gasteiger partial charge in [-0.3, -0.25) is 9.59 Å². The van der Waals surface area contributed by atoms with Gasteiger partial charge in [0.05, 0.1) is 17.7 Å². The topological polar surface area (TPSA) is 68.1 Å². The van der Waals surface area contributed by atoms with Gasteiger partial charge in [0.15, 0.2) is 11.6 Å². The van der Waals surface area contributed by atoms with Crippen LogP contribution in [0.15, 0.2) is 90.1 Å². The number of benzene rings is 2. The maximum absolute atomic E-state index is 12.3. The number of hydrogen-bond acceptors (Lipinski definition) is 5. The minimum absolute atomic E-state index is 0.276. The Kier molecular flexibility index (Phi) is 8.22. The van der Waals surface area contributed by atoms with Gasteiger partial charge >= 0.3 is 0 Å². The summed E-state index contributed by atoms with van der Waals surface area (Å²) < 4.78 is 5.86. The Bertz CT molecular complexity index is 868. The van der Waals surface area contributed by atoms with Crippen LogP contribution in [0.4, 0.5) is 11.4 Å². The van der Waals surface area contributed by atoms with E-state index >= 15 is 0 Å². The van der Waals surface area contributed by atoms with Gasteiger partial charge in [-0.25, -0.2) is 0 Å². The molecule has 0 radical (unpaired) electrons. The van der Waals surface area contributed by atoms with Crippen molar-refractivity contribution in [1.29, 1.82) is 0 Å². The highest BCUT2D eigenvalue weighted by molar-refractivity contribution is 6.15. The van der Waals surface area contributed by atoms with Crippen LogP contribution in [0.5, 0.6) is 5.75 Å². The van der Waals surface area contributed by atoms with E-state index < -0.39 is 5.41 Å². The summed E-state index contributed by atoms with van der Waals surface area (Å²) in [6, 6.07) is 16.8. The summed E-state index contributed by atoms with van der Waals surface area (Å²) in [4.78, 5) is 24.7. The lowest BCUT2D eigenvalue weighted by atomic mass is 9.73. The van der Waals surface area contributed by atoms with Crippen LogP contribution in [0.2, 0.25) is 0 Å². The molecule has 0 saturated heterocycles. The van der Waals surface area contributed by atoms with Gasteiger partial charge in [0.25, 0.3) is 0 Å². The van der Waals surface area contributed by atoms with Crippen LogP contribution in [0.3, 0.4) is 0 Å². The van der Waals surface area contributed by atoms with Gasteiger partial charge in [-0.15, -0.1) is 5.11 Å². The molecule has 29 heavy (non-hydrogen) atoms. The molecule has 0 fully saturated rings. The van der Waals surface area contributed by atoms with E-state index in [1.165, 1.54) is 12.2 Å². The molecule has 2 aromatic rings. The zero-order valence-corrected chi connectivity index (χ0v) is 16.7. The zero-order valence-electron chi connectivity index (χ0n) is 16.7. The van der Waals surface area contributed by atoms with E-state index in [0.717, 1.165) is 5.69 Å². The molecular weight excluding hydrogens is 364 g/mol. The highest BCUT2D eigenvalue weighted by Crippen LogP contribution is 2.33. The summed E-state index contributed by atoms with van der Waals surface area (Å²) in [5.74, 6) is 0.0447. The normalized spacial score (nSPS) is 11.2. The standard InChI is InChI=1S/C24H26N2O3/c1-4-22(27)24(6-3,23(28)5-2)17-12-18-29-21-16-11-10-15-20(21)26-25-19-13-8-7-9-14-19/h4-5,7-11,13-16H,1-2,6,12,17-18H2,3H3. The third kappa shape index (κ3) is 5.57. The number of nitrogens with zero attached hydrogens (tertiary/aromatic N) is 2. The molecule has 2 aromatic carbocycles. The lowest BCUT2D eigenvalue weighted by Gasteiger charge is -2.27. The van der Waals surface area contributed by atoms with Gasteiger partial charge in [0, 0.05) is 0 Å². The molecule has 0 bridgehead atoms. The van der Waals surface area contributed by atoms with E-state index in [-0.39, 0.29) is 11.6 Å². The zero-order chi connectivity index (χ0) is 21.1. The van der Waals surface area contributed by atoms with E-state index in [4.69, 9.17) is 4.74 Å². The van der Waals surface area contributed by atoms with Gasteiger partial charge in [0.2, 0.25) is 0 Å². The van der Waals surface area contributed by atoms with Crippen LogP contribution in [-0.4, -0.2) is 18.2 Å². The summed E-state index contributed by atoms with van der Waals surface area (Å²) in [7, 11) is 0. The fourth-order valence-corrected chi connectivity index (χ4v) is 3.11. The van der Waals surface area contributed by atoms with E-state index in [2.05, 4.69) is 23.4 Å². The van der Waals surface area contributed by atoms with E-state index in [1.54, 1.807) is 0 Å². The van der Waals surface area contributed by atoms with Gasteiger partial charge in [-0.1, -0.05) is 50.4 Å². The molecule has 0 unspecified atom stereocenters. The number of rotatable bonds is 12. The van der Waals surface area contributed by atoms with Crippen LogP contribution >= 0.6 is 0 Å². The summed E-state index contributed by atoms with van der Waals surface area (Å²) >= 11 is 0. The average molecular weight is 390 g/mol. The second kappa shape index (κ2) is 10.9. The Labute approximate surface area is 171 Å². The molecule has 0 aliphatic rings. The average Bonchev–Trinajstić information content (AvgIpc) is 2.78. The summed E-state index contributed by atoms with van der Waals surface area (Å²) in [5, 5.41) is 8.49. The summed E-state index contributed by atoms with van der Waals surface area (Å²) in [6.07, 6.45) is 3.71. The van der Waals surface area contributed by atoms with Crippen molar-refractivity contribution >= 4 is 22.9 Å². The highest BCUT2D eigenvalue weighted by Gasteiger charge is 2.39. The first-order valence-electron chi connectivity index (χ1n) is 9.59. The molecule has 0 atom stereocenters. The molecule has 0 aromatic heterocycles. The molecule has 0 amide bonds. The van der Waals surface area contributed by atoms with Crippen LogP contribution in [0, 0.1) is 5.41 Å². The van der Waals surface area contributed by atoms with E-state index in [1.807, 2.05) is 61.5 Å². The largest absolute Gasteiger partial charge is 0.491 e. The lowest BCUT2D eigenvalue weighted by Crippen LogP contribution is -2.37. The number of azo groups is 1. The molecule has 150 valence electrons. The first-order valence-corrected chi connectivity index (χ1v) is 9.59. The van der Waals surface area contributed by atoms with Crippen LogP contribution < -0.4 is 4.74 Å². The summed E-state index contributed by atoms with van der Waals surface area (Å²) in [6.45, 7) is 9.23. The number of carbonyl (C=O) groups excluding carboxylic acids is 2. The SMILES string of the molecule is C=CC(=O)C(CC)(CCCOc1ccccc1N=Nc1ccccc1)C(=O)C=C. The van der Waals surface area contributed by atoms with Crippen LogP contribution in [-0.2, 0) is 9.59 Å². The Morgan fingerprint density at radius 3 is 2.21 bits per heavy atom. The van der Waals surface area contributed by atoms with Crippen molar-refractivity contribution in [2.45, 2.75) is 26.2 Å². The molecule has 2 rings (SSSR count). The predicted octanol–water partition coefficient (Wildman–Crippen LogP) is 6.17. The number of carbonyl (C=O) groups is 2. The lowest BCUT2D eigenvalue weighted by molar-refractivity contribution is -0.136. The predicted molar refractivity (Wildman–Crippen MR) is 115 cm³/mol. The van der Waals surface area contributed by atoms with Gasteiger partial charge in [-0.05, 0) is 55.7 Å². The fraction of sp³-hybridized carbons (Fsp3) is 0.250. The quantitative estimate of drug-likeness (QED) is 0.188. The van der Waals surface area contributed by atoms with Gasteiger partial charge < -0.3 is 4.74 Å². The van der Waals surface area contributed by atoms with Crippen LogP contribution in [0.1, 0.15) is 26.2 Å². The van der Waals surface area contributed by atoms with Crippen molar-refractivity contribution in [2.24, 2.45) is 15.6 Å². The molecule has 0 saturated carbocycles.